The molecule has 4 heterocycles. The second kappa shape index (κ2) is 9.35. The SMILES string of the molecule is C=CCn1c(=O)c2cnc(Nc3ccc4c(c3)CN(CC)CC4)nc2n1-c1cccc(C(C)(C)C)n1. The largest absolute Gasteiger partial charge is 0.324 e. The summed E-state index contributed by atoms with van der Waals surface area (Å²) in [5.41, 5.74) is 4.78. The number of benzene rings is 1. The number of nitrogens with zero attached hydrogens (tertiary/aromatic N) is 6. The van der Waals surface area contributed by atoms with Crippen LogP contribution in [-0.4, -0.2) is 42.3 Å². The van der Waals surface area contributed by atoms with Crippen molar-refractivity contribution in [2.75, 3.05) is 18.4 Å². The van der Waals surface area contributed by atoms with E-state index in [0.29, 0.717) is 29.3 Å². The van der Waals surface area contributed by atoms with Crippen molar-refractivity contribution in [3.8, 4) is 5.82 Å². The van der Waals surface area contributed by atoms with Crippen LogP contribution < -0.4 is 10.9 Å². The number of fused-ring (bicyclic) bond motifs is 2. The Morgan fingerprint density at radius 3 is 2.72 bits per heavy atom. The van der Waals surface area contributed by atoms with Crippen LogP contribution in [0, 0.1) is 0 Å². The standard InChI is InChI=1S/C28H33N7O/c1-6-14-34-26(36)22-17-29-27(30-21-12-11-19-13-15-33(7-2)18-20(19)16-21)32-25(22)35(34)24-10-8-9-23(31-24)28(3,4)5/h6,8-12,16-17H,1,7,13-15,18H2,2-5H3,(H,29,30,32). The number of likely N-dealkylation sites (N-methyl/N-ethyl adjacent to an activating group) is 1. The highest BCUT2D eigenvalue weighted by atomic mass is 16.1. The van der Waals surface area contributed by atoms with Gasteiger partial charge >= 0.3 is 0 Å². The lowest BCUT2D eigenvalue weighted by Crippen LogP contribution is -2.30. The van der Waals surface area contributed by atoms with E-state index < -0.39 is 0 Å². The predicted molar refractivity (Wildman–Crippen MR) is 144 cm³/mol. The van der Waals surface area contributed by atoms with Crippen molar-refractivity contribution >= 4 is 22.7 Å². The van der Waals surface area contributed by atoms with Crippen LogP contribution in [0.1, 0.15) is 44.5 Å². The maximum Gasteiger partial charge on any atom is 0.278 e. The lowest BCUT2D eigenvalue weighted by molar-refractivity contribution is 0.268. The average molecular weight is 484 g/mol. The molecule has 0 aliphatic carbocycles. The summed E-state index contributed by atoms with van der Waals surface area (Å²) in [5, 5.41) is 3.79. The van der Waals surface area contributed by atoms with Gasteiger partial charge in [-0.15, -0.1) is 6.58 Å². The summed E-state index contributed by atoms with van der Waals surface area (Å²) in [7, 11) is 0. The molecule has 5 rings (SSSR count). The molecule has 1 aliphatic rings. The van der Waals surface area contributed by atoms with E-state index in [1.165, 1.54) is 11.1 Å². The Balaban J connectivity index is 1.58. The van der Waals surface area contributed by atoms with Gasteiger partial charge in [0.1, 0.15) is 5.39 Å². The van der Waals surface area contributed by atoms with Gasteiger partial charge in [0.25, 0.3) is 5.56 Å². The zero-order chi connectivity index (χ0) is 25.4. The average Bonchev–Trinajstić information content (AvgIpc) is 3.14. The molecule has 0 spiro atoms. The fourth-order valence-corrected chi connectivity index (χ4v) is 4.66. The second-order valence-electron chi connectivity index (χ2n) is 10.3. The highest BCUT2D eigenvalue weighted by Crippen LogP contribution is 2.25. The number of hydrogen-bond acceptors (Lipinski definition) is 6. The van der Waals surface area contributed by atoms with E-state index in [-0.39, 0.29) is 11.0 Å². The summed E-state index contributed by atoms with van der Waals surface area (Å²) in [6.45, 7) is 15.8. The lowest BCUT2D eigenvalue weighted by atomic mass is 9.92. The minimum atomic E-state index is -0.173. The van der Waals surface area contributed by atoms with Crippen LogP contribution in [0.2, 0.25) is 0 Å². The Bertz CT molecular complexity index is 1490. The number of aromatic nitrogens is 5. The first-order valence-electron chi connectivity index (χ1n) is 12.5. The number of rotatable bonds is 6. The summed E-state index contributed by atoms with van der Waals surface area (Å²) in [6, 6.07) is 12.3. The van der Waals surface area contributed by atoms with Crippen LogP contribution in [0.3, 0.4) is 0 Å². The molecule has 4 aromatic rings. The Morgan fingerprint density at radius 2 is 1.97 bits per heavy atom. The lowest BCUT2D eigenvalue weighted by Gasteiger charge is -2.27. The number of anilines is 2. The van der Waals surface area contributed by atoms with E-state index in [0.717, 1.165) is 37.4 Å². The maximum atomic E-state index is 13.2. The van der Waals surface area contributed by atoms with Gasteiger partial charge in [0.15, 0.2) is 11.5 Å². The summed E-state index contributed by atoms with van der Waals surface area (Å²) >= 11 is 0. The van der Waals surface area contributed by atoms with Crippen molar-refractivity contribution < 1.29 is 0 Å². The predicted octanol–water partition coefficient (Wildman–Crippen LogP) is 4.58. The van der Waals surface area contributed by atoms with Gasteiger partial charge in [-0.05, 0) is 48.4 Å². The Kier molecular flexibility index (Phi) is 6.22. The van der Waals surface area contributed by atoms with E-state index in [4.69, 9.17) is 9.97 Å². The van der Waals surface area contributed by atoms with Crippen molar-refractivity contribution in [1.82, 2.24) is 29.2 Å². The van der Waals surface area contributed by atoms with Gasteiger partial charge in [-0.25, -0.2) is 19.3 Å². The zero-order valence-corrected chi connectivity index (χ0v) is 21.5. The quantitative estimate of drug-likeness (QED) is 0.404. The second-order valence-corrected chi connectivity index (χ2v) is 10.3. The van der Waals surface area contributed by atoms with Gasteiger partial charge in [0, 0.05) is 36.1 Å². The molecular formula is C28H33N7O. The molecule has 0 radical (unpaired) electrons. The number of hydrogen-bond donors (Lipinski definition) is 1. The van der Waals surface area contributed by atoms with Crippen LogP contribution in [0.25, 0.3) is 16.9 Å². The Labute approximate surface area is 211 Å². The van der Waals surface area contributed by atoms with Crippen LogP contribution in [-0.2, 0) is 24.9 Å². The van der Waals surface area contributed by atoms with Crippen LogP contribution in [0.4, 0.5) is 11.6 Å². The molecule has 0 amide bonds. The molecule has 3 aromatic heterocycles. The van der Waals surface area contributed by atoms with Crippen molar-refractivity contribution in [2.24, 2.45) is 0 Å². The first-order chi connectivity index (χ1) is 17.3. The minimum Gasteiger partial charge on any atom is -0.324 e. The van der Waals surface area contributed by atoms with Crippen LogP contribution >= 0.6 is 0 Å². The Hall–Kier alpha value is -3.78. The fourth-order valence-electron chi connectivity index (χ4n) is 4.66. The molecule has 36 heavy (non-hydrogen) atoms. The molecule has 0 fully saturated rings. The van der Waals surface area contributed by atoms with Crippen molar-refractivity contribution in [3.63, 3.8) is 0 Å². The first kappa shape index (κ1) is 23.9. The number of nitrogens with one attached hydrogen (secondary N) is 1. The minimum absolute atomic E-state index is 0.135. The third-order valence-electron chi connectivity index (χ3n) is 6.70. The van der Waals surface area contributed by atoms with Crippen molar-refractivity contribution in [3.05, 3.63) is 82.4 Å². The van der Waals surface area contributed by atoms with E-state index in [2.05, 4.69) is 67.7 Å². The monoisotopic (exact) mass is 483 g/mol. The van der Waals surface area contributed by atoms with Gasteiger partial charge in [-0.3, -0.25) is 9.69 Å². The Morgan fingerprint density at radius 1 is 1.14 bits per heavy atom. The van der Waals surface area contributed by atoms with Crippen molar-refractivity contribution in [2.45, 2.75) is 52.6 Å². The first-order valence-corrected chi connectivity index (χ1v) is 12.5. The van der Waals surface area contributed by atoms with Gasteiger partial charge in [0.05, 0.1) is 6.54 Å². The van der Waals surface area contributed by atoms with Gasteiger partial charge in [-0.1, -0.05) is 45.9 Å². The summed E-state index contributed by atoms with van der Waals surface area (Å²) < 4.78 is 3.37. The van der Waals surface area contributed by atoms with Gasteiger partial charge < -0.3 is 5.32 Å². The molecule has 8 heteroatoms. The molecule has 0 saturated carbocycles. The topological polar surface area (TPSA) is 80.9 Å². The molecule has 0 bridgehead atoms. The molecule has 1 aromatic carbocycles. The summed E-state index contributed by atoms with van der Waals surface area (Å²) in [5.74, 6) is 1.07. The van der Waals surface area contributed by atoms with Gasteiger partial charge in [0.2, 0.25) is 5.95 Å². The molecular weight excluding hydrogens is 450 g/mol. The zero-order valence-electron chi connectivity index (χ0n) is 21.5. The van der Waals surface area contributed by atoms with Gasteiger partial charge in [-0.2, -0.15) is 4.98 Å². The highest BCUT2D eigenvalue weighted by molar-refractivity contribution is 5.77. The highest BCUT2D eigenvalue weighted by Gasteiger charge is 2.21. The van der Waals surface area contributed by atoms with E-state index in [9.17, 15) is 4.79 Å². The third kappa shape index (κ3) is 4.44. The van der Waals surface area contributed by atoms with Crippen LogP contribution in [0.15, 0.2) is 60.0 Å². The summed E-state index contributed by atoms with van der Waals surface area (Å²) in [4.78, 5) is 29.8. The molecule has 8 nitrogen and oxygen atoms in total. The van der Waals surface area contributed by atoms with E-state index >= 15 is 0 Å². The maximum absolute atomic E-state index is 13.2. The number of pyridine rings is 1. The summed E-state index contributed by atoms with van der Waals surface area (Å²) in [6.07, 6.45) is 4.35. The molecule has 0 unspecified atom stereocenters. The van der Waals surface area contributed by atoms with Crippen LogP contribution in [0.5, 0.6) is 0 Å². The third-order valence-corrected chi connectivity index (χ3v) is 6.70. The normalized spacial score (nSPS) is 14.1. The molecule has 0 saturated heterocycles. The molecule has 1 aliphatic heterocycles. The van der Waals surface area contributed by atoms with E-state index in [1.807, 2.05) is 18.2 Å². The number of allylic oxidation sites excluding steroid dienone is 1. The van der Waals surface area contributed by atoms with Crippen molar-refractivity contribution in [1.29, 1.82) is 0 Å². The smallest absolute Gasteiger partial charge is 0.278 e. The molecule has 0 atom stereocenters. The molecule has 186 valence electrons. The fraction of sp³-hybridized carbons (Fsp3) is 0.357. The molecule has 1 N–H and O–H groups in total. The van der Waals surface area contributed by atoms with E-state index in [1.54, 1.807) is 21.6 Å².